The number of halogens is 1. The number of benzene rings is 1. The molecule has 0 radical (unpaired) electrons. The Morgan fingerprint density at radius 2 is 1.95 bits per heavy atom. The molecule has 0 bridgehead atoms. The molecule has 21 heavy (non-hydrogen) atoms. The van der Waals surface area contributed by atoms with Crippen LogP contribution in [0.3, 0.4) is 0 Å². The smallest absolute Gasteiger partial charge is 0.275 e. The topological polar surface area (TPSA) is 95.0 Å². The Morgan fingerprint density at radius 1 is 1.29 bits per heavy atom. The van der Waals surface area contributed by atoms with E-state index in [1.807, 2.05) is 0 Å². The summed E-state index contributed by atoms with van der Waals surface area (Å²) in [5, 5.41) is 13.8. The number of carbonyl (C=O) groups is 2. The number of hydrogen-bond donors (Lipinski definition) is 1. The maximum absolute atomic E-state index is 12.1. The zero-order chi connectivity index (χ0) is 15.4. The van der Waals surface area contributed by atoms with Gasteiger partial charge in [-0.3, -0.25) is 4.79 Å². The summed E-state index contributed by atoms with van der Waals surface area (Å²) in [6.07, 6.45) is 3.14. The molecule has 1 amide bonds. The molecule has 0 aliphatic carbocycles. The largest absolute Gasteiger partial charge is 0.545 e. The molecule has 1 aromatic heterocycles. The van der Waals surface area contributed by atoms with E-state index in [9.17, 15) is 14.7 Å². The molecule has 0 atom stereocenters. The Hall–Kier alpha value is -2.12. The first-order valence-corrected chi connectivity index (χ1v) is 7.31. The normalized spacial score (nSPS) is 10.2. The number of carboxylic acid groups (broad SMARTS) is 1. The molecule has 108 valence electrons. The summed E-state index contributed by atoms with van der Waals surface area (Å²) >= 11 is 7.19. The van der Waals surface area contributed by atoms with Crippen LogP contribution >= 0.6 is 23.4 Å². The molecule has 2 aromatic rings. The number of nitrogens with one attached hydrogen (secondary N) is 1. The van der Waals surface area contributed by atoms with Crippen LogP contribution in [-0.4, -0.2) is 28.1 Å². The lowest BCUT2D eigenvalue weighted by atomic mass is 10.2. The average Bonchev–Trinajstić information content (AvgIpc) is 2.48. The highest BCUT2D eigenvalue weighted by Crippen LogP contribution is 2.18. The minimum Gasteiger partial charge on any atom is -0.545 e. The number of aromatic carboxylic acids is 1. The van der Waals surface area contributed by atoms with Crippen molar-refractivity contribution in [1.82, 2.24) is 9.97 Å². The van der Waals surface area contributed by atoms with Gasteiger partial charge < -0.3 is 15.2 Å². The Labute approximate surface area is 129 Å². The van der Waals surface area contributed by atoms with Gasteiger partial charge in [0.1, 0.15) is 0 Å². The molecule has 6 nitrogen and oxygen atoms in total. The van der Waals surface area contributed by atoms with Crippen LogP contribution in [0.15, 0.2) is 35.6 Å². The number of hydrogen-bond acceptors (Lipinski definition) is 6. The molecule has 0 saturated carbocycles. The second-order valence-corrected chi connectivity index (χ2v) is 5.05. The Bertz CT molecular complexity index is 692. The van der Waals surface area contributed by atoms with Crippen molar-refractivity contribution in [2.75, 3.05) is 11.6 Å². The quantitative estimate of drug-likeness (QED) is 0.676. The van der Waals surface area contributed by atoms with Gasteiger partial charge in [0.25, 0.3) is 5.91 Å². The van der Waals surface area contributed by atoms with Gasteiger partial charge in [-0.25, -0.2) is 9.97 Å². The fourth-order valence-electron chi connectivity index (χ4n) is 1.49. The van der Waals surface area contributed by atoms with Crippen molar-refractivity contribution in [3.63, 3.8) is 0 Å². The number of amides is 1. The van der Waals surface area contributed by atoms with Crippen molar-refractivity contribution >= 4 is 40.9 Å². The third-order valence-electron chi connectivity index (χ3n) is 2.50. The van der Waals surface area contributed by atoms with Crippen LogP contribution in [0, 0.1) is 0 Å². The van der Waals surface area contributed by atoms with E-state index in [4.69, 9.17) is 11.6 Å². The van der Waals surface area contributed by atoms with Gasteiger partial charge in [-0.05, 0) is 24.0 Å². The van der Waals surface area contributed by atoms with Gasteiger partial charge in [0, 0.05) is 5.69 Å². The van der Waals surface area contributed by atoms with E-state index < -0.39 is 11.9 Å². The van der Waals surface area contributed by atoms with Crippen LogP contribution in [-0.2, 0) is 0 Å². The molecule has 1 heterocycles. The van der Waals surface area contributed by atoms with Gasteiger partial charge in [0.05, 0.1) is 17.2 Å². The first-order chi connectivity index (χ1) is 10.0. The number of rotatable bonds is 4. The summed E-state index contributed by atoms with van der Waals surface area (Å²) in [7, 11) is 0. The molecular formula is C13H9ClN3O3S-. The van der Waals surface area contributed by atoms with Crippen LogP contribution in [0.4, 0.5) is 5.69 Å². The maximum Gasteiger partial charge on any atom is 0.275 e. The van der Waals surface area contributed by atoms with Crippen molar-refractivity contribution in [2.45, 2.75) is 5.16 Å². The fourth-order valence-corrected chi connectivity index (χ4v) is 2.01. The van der Waals surface area contributed by atoms with Crippen LogP contribution in [0.1, 0.15) is 20.8 Å². The highest BCUT2D eigenvalue weighted by Gasteiger charge is 2.14. The summed E-state index contributed by atoms with van der Waals surface area (Å²) in [6, 6.07) is 5.57. The molecule has 0 aliphatic rings. The van der Waals surface area contributed by atoms with E-state index in [2.05, 4.69) is 15.3 Å². The van der Waals surface area contributed by atoms with Crippen LogP contribution in [0.2, 0.25) is 5.02 Å². The van der Waals surface area contributed by atoms with Crippen molar-refractivity contribution in [1.29, 1.82) is 0 Å². The Morgan fingerprint density at radius 3 is 2.52 bits per heavy atom. The molecule has 0 unspecified atom stereocenters. The van der Waals surface area contributed by atoms with E-state index in [-0.39, 0.29) is 16.3 Å². The highest BCUT2D eigenvalue weighted by atomic mass is 35.5. The van der Waals surface area contributed by atoms with E-state index in [0.717, 1.165) is 0 Å². The van der Waals surface area contributed by atoms with Crippen molar-refractivity contribution in [3.05, 3.63) is 46.7 Å². The van der Waals surface area contributed by atoms with E-state index >= 15 is 0 Å². The fraction of sp³-hybridized carbons (Fsp3) is 0.0769. The third-order valence-corrected chi connectivity index (χ3v) is 3.34. The van der Waals surface area contributed by atoms with Crippen LogP contribution in [0.5, 0.6) is 0 Å². The standard InChI is InChI=1S/C13H10ClN3O3S/c1-21-13-15-6-9(14)10(17-13)11(18)16-8-4-2-7(3-5-8)12(19)20/h2-6H,1H3,(H,16,18)(H,19,20)/p-1. The summed E-state index contributed by atoms with van der Waals surface area (Å²) in [5.41, 5.74) is 0.503. The zero-order valence-electron chi connectivity index (χ0n) is 10.8. The molecule has 0 fully saturated rings. The minimum absolute atomic E-state index is 0.0257. The monoisotopic (exact) mass is 322 g/mol. The first-order valence-electron chi connectivity index (χ1n) is 5.70. The van der Waals surface area contributed by atoms with Crippen molar-refractivity contribution < 1.29 is 14.7 Å². The second-order valence-electron chi connectivity index (χ2n) is 3.87. The molecular weight excluding hydrogens is 314 g/mol. The van der Waals surface area contributed by atoms with Gasteiger partial charge in [0.2, 0.25) is 0 Å². The highest BCUT2D eigenvalue weighted by molar-refractivity contribution is 7.98. The Kier molecular flexibility index (Phi) is 4.77. The lowest BCUT2D eigenvalue weighted by molar-refractivity contribution is -0.255. The van der Waals surface area contributed by atoms with Gasteiger partial charge in [-0.2, -0.15) is 0 Å². The third kappa shape index (κ3) is 3.71. The maximum atomic E-state index is 12.1. The number of aromatic nitrogens is 2. The van der Waals surface area contributed by atoms with Crippen molar-refractivity contribution in [3.8, 4) is 0 Å². The molecule has 0 spiro atoms. The summed E-state index contributed by atoms with van der Waals surface area (Å²) in [5.74, 6) is -1.78. The average molecular weight is 323 g/mol. The molecule has 2 rings (SSSR count). The summed E-state index contributed by atoms with van der Waals surface area (Å²) in [4.78, 5) is 30.7. The molecule has 8 heteroatoms. The first kappa shape index (κ1) is 15.3. The molecule has 0 saturated heterocycles. The second kappa shape index (κ2) is 6.55. The SMILES string of the molecule is CSc1ncc(Cl)c(C(=O)Nc2ccc(C(=O)[O-])cc2)n1. The van der Waals surface area contributed by atoms with Gasteiger partial charge >= 0.3 is 0 Å². The molecule has 0 aliphatic heterocycles. The van der Waals surface area contributed by atoms with Crippen LogP contribution < -0.4 is 10.4 Å². The number of anilines is 1. The number of thioether (sulfide) groups is 1. The van der Waals surface area contributed by atoms with E-state index in [1.54, 1.807) is 6.26 Å². The predicted molar refractivity (Wildman–Crippen MR) is 77.5 cm³/mol. The van der Waals surface area contributed by atoms with Gasteiger partial charge in [0.15, 0.2) is 10.9 Å². The Balaban J connectivity index is 2.19. The van der Waals surface area contributed by atoms with Crippen LogP contribution in [0.25, 0.3) is 0 Å². The number of carbonyl (C=O) groups excluding carboxylic acids is 2. The minimum atomic E-state index is -1.28. The summed E-state index contributed by atoms with van der Waals surface area (Å²) in [6.45, 7) is 0. The lowest BCUT2D eigenvalue weighted by Gasteiger charge is -2.08. The predicted octanol–water partition coefficient (Wildman–Crippen LogP) is 1.47. The van der Waals surface area contributed by atoms with Crippen molar-refractivity contribution in [2.24, 2.45) is 0 Å². The lowest BCUT2D eigenvalue weighted by Crippen LogP contribution is -2.22. The van der Waals surface area contributed by atoms with E-state index in [1.165, 1.54) is 42.2 Å². The number of carboxylic acids is 1. The van der Waals surface area contributed by atoms with Gasteiger partial charge in [-0.15, -0.1) is 0 Å². The zero-order valence-corrected chi connectivity index (χ0v) is 12.4. The molecule has 1 N–H and O–H groups in total. The molecule has 1 aromatic carbocycles. The van der Waals surface area contributed by atoms with Gasteiger partial charge in [-0.1, -0.05) is 35.5 Å². The number of nitrogens with zero attached hydrogens (tertiary/aromatic N) is 2. The summed E-state index contributed by atoms with van der Waals surface area (Å²) < 4.78 is 0. The van der Waals surface area contributed by atoms with E-state index in [0.29, 0.717) is 10.8 Å².